The maximum absolute atomic E-state index is 13.2. The van der Waals surface area contributed by atoms with Gasteiger partial charge in [0.25, 0.3) is 5.56 Å². The van der Waals surface area contributed by atoms with Gasteiger partial charge in [-0.1, -0.05) is 19.1 Å². The summed E-state index contributed by atoms with van der Waals surface area (Å²) < 4.78 is 5.97. The third-order valence-corrected chi connectivity index (χ3v) is 5.55. The fraction of sp³-hybridized carbons (Fsp3) is 0.333. The molecule has 8 nitrogen and oxygen atoms in total. The number of benzene rings is 1. The first-order chi connectivity index (χ1) is 13.8. The van der Waals surface area contributed by atoms with Crippen molar-refractivity contribution in [1.82, 2.24) is 23.1 Å². The molecule has 29 heavy (non-hydrogen) atoms. The fourth-order valence-corrected chi connectivity index (χ4v) is 3.70. The molecule has 0 N–H and O–H groups in total. The lowest BCUT2D eigenvalue weighted by atomic mass is 10.1. The minimum atomic E-state index is -0.846. The van der Waals surface area contributed by atoms with E-state index >= 15 is 0 Å². The van der Waals surface area contributed by atoms with Crippen molar-refractivity contribution in [2.24, 2.45) is 7.05 Å². The Labute approximate surface area is 166 Å². The molecule has 8 heteroatoms. The van der Waals surface area contributed by atoms with Gasteiger partial charge in [-0.15, -0.1) is 0 Å². The van der Waals surface area contributed by atoms with Crippen molar-refractivity contribution in [2.45, 2.75) is 40.2 Å². The lowest BCUT2D eigenvalue weighted by molar-refractivity contribution is -0.119. The molecule has 3 heterocycles. The summed E-state index contributed by atoms with van der Waals surface area (Å²) in [4.78, 5) is 42.4. The van der Waals surface area contributed by atoms with E-state index in [1.807, 2.05) is 29.8 Å². The minimum Gasteiger partial charge on any atom is -0.298 e. The van der Waals surface area contributed by atoms with Gasteiger partial charge >= 0.3 is 5.69 Å². The molecule has 1 aromatic carbocycles. The molecular formula is C21H23N5O3. The first-order valence-corrected chi connectivity index (χ1v) is 9.57. The SMILES string of the molecule is CCc1ccc(-n2c(C)cn3c4c(=O)n([C@H](C)C(C)=O)c(=O)n(C)c4nc23)cc1. The zero-order chi connectivity index (χ0) is 21.0. The predicted octanol–water partition coefficient (Wildman–Crippen LogP) is 2.16. The molecule has 1 atom stereocenters. The highest BCUT2D eigenvalue weighted by molar-refractivity contribution is 5.81. The number of rotatable bonds is 4. The van der Waals surface area contributed by atoms with Crippen LogP contribution >= 0.6 is 0 Å². The maximum Gasteiger partial charge on any atom is 0.333 e. The van der Waals surface area contributed by atoms with E-state index in [1.54, 1.807) is 18.4 Å². The van der Waals surface area contributed by atoms with Gasteiger partial charge in [0.05, 0.1) is 6.04 Å². The lowest BCUT2D eigenvalue weighted by Crippen LogP contribution is -2.42. The van der Waals surface area contributed by atoms with Gasteiger partial charge in [0, 0.05) is 24.6 Å². The molecule has 0 unspecified atom stereocenters. The lowest BCUT2D eigenvalue weighted by Gasteiger charge is -2.12. The molecule has 0 spiro atoms. The van der Waals surface area contributed by atoms with Gasteiger partial charge in [-0.2, -0.15) is 4.98 Å². The van der Waals surface area contributed by atoms with Crippen molar-refractivity contribution in [3.63, 3.8) is 0 Å². The van der Waals surface area contributed by atoms with E-state index in [2.05, 4.69) is 24.0 Å². The summed E-state index contributed by atoms with van der Waals surface area (Å²) in [6, 6.07) is 7.30. The molecule has 0 aliphatic rings. The van der Waals surface area contributed by atoms with Crippen LogP contribution in [0, 0.1) is 6.92 Å². The fourth-order valence-electron chi connectivity index (χ4n) is 3.70. The van der Waals surface area contributed by atoms with Crippen LogP contribution in [-0.4, -0.2) is 28.9 Å². The van der Waals surface area contributed by atoms with Crippen molar-refractivity contribution in [3.05, 3.63) is 62.6 Å². The van der Waals surface area contributed by atoms with Gasteiger partial charge in [-0.3, -0.25) is 23.1 Å². The normalized spacial score (nSPS) is 12.7. The van der Waals surface area contributed by atoms with Crippen LogP contribution in [0.25, 0.3) is 22.6 Å². The first-order valence-electron chi connectivity index (χ1n) is 9.57. The Kier molecular flexibility index (Phi) is 4.29. The average molecular weight is 393 g/mol. The third kappa shape index (κ3) is 2.66. The highest BCUT2D eigenvalue weighted by Crippen LogP contribution is 2.21. The number of ketones is 1. The number of imidazole rings is 2. The largest absolute Gasteiger partial charge is 0.333 e. The molecule has 0 amide bonds. The minimum absolute atomic E-state index is 0.255. The number of carbonyl (C=O) groups is 1. The molecule has 0 saturated carbocycles. The summed E-state index contributed by atoms with van der Waals surface area (Å²) in [6.07, 6.45) is 2.77. The molecule has 0 aliphatic heterocycles. The van der Waals surface area contributed by atoms with Crippen molar-refractivity contribution in [3.8, 4) is 5.69 Å². The summed E-state index contributed by atoms with van der Waals surface area (Å²) >= 11 is 0. The molecule has 0 bridgehead atoms. The van der Waals surface area contributed by atoms with Gasteiger partial charge in [0.15, 0.2) is 16.9 Å². The van der Waals surface area contributed by atoms with Crippen LogP contribution in [0.1, 0.15) is 38.1 Å². The standard InChI is InChI=1S/C21H23N5O3/c1-6-15-7-9-16(10-8-15)25-12(2)11-24-17-18(22-20(24)25)23(5)21(29)26(19(17)28)13(3)14(4)27/h7-11,13H,6H2,1-5H3/t13-/m1/s1. The van der Waals surface area contributed by atoms with Crippen LogP contribution < -0.4 is 11.2 Å². The molecule has 4 rings (SSSR count). The Bertz CT molecular complexity index is 1380. The Morgan fingerprint density at radius 1 is 1.17 bits per heavy atom. The maximum atomic E-state index is 13.2. The molecule has 0 saturated heterocycles. The summed E-state index contributed by atoms with van der Waals surface area (Å²) in [6.45, 7) is 6.96. The van der Waals surface area contributed by atoms with Gasteiger partial charge in [-0.25, -0.2) is 9.36 Å². The number of hydrogen-bond acceptors (Lipinski definition) is 4. The van der Waals surface area contributed by atoms with Crippen LogP contribution in [0.3, 0.4) is 0 Å². The van der Waals surface area contributed by atoms with Crippen molar-refractivity contribution in [1.29, 1.82) is 0 Å². The van der Waals surface area contributed by atoms with Crippen LogP contribution in [0.5, 0.6) is 0 Å². The Balaban J connectivity index is 2.09. The number of carbonyl (C=O) groups excluding carboxylic acids is 1. The second-order valence-corrected chi connectivity index (χ2v) is 7.38. The average Bonchev–Trinajstić information content (AvgIpc) is 3.21. The number of aromatic nitrogens is 5. The third-order valence-electron chi connectivity index (χ3n) is 5.55. The van der Waals surface area contributed by atoms with E-state index < -0.39 is 17.3 Å². The monoisotopic (exact) mass is 393 g/mol. The Hall–Kier alpha value is -3.42. The van der Waals surface area contributed by atoms with Gasteiger partial charge in [0.1, 0.15) is 0 Å². The van der Waals surface area contributed by atoms with Crippen LogP contribution in [0.4, 0.5) is 0 Å². The summed E-state index contributed by atoms with van der Waals surface area (Å²) in [5.74, 6) is 0.288. The Morgan fingerprint density at radius 2 is 1.83 bits per heavy atom. The molecule has 0 fully saturated rings. The molecular weight excluding hydrogens is 370 g/mol. The summed E-state index contributed by atoms with van der Waals surface area (Å²) in [7, 11) is 1.56. The molecule has 0 radical (unpaired) electrons. The van der Waals surface area contributed by atoms with E-state index in [9.17, 15) is 14.4 Å². The van der Waals surface area contributed by atoms with Crippen molar-refractivity contribution < 1.29 is 4.79 Å². The number of aryl methyl sites for hydroxylation is 3. The van der Waals surface area contributed by atoms with Crippen molar-refractivity contribution in [2.75, 3.05) is 0 Å². The molecule has 3 aromatic heterocycles. The number of fused-ring (bicyclic) bond motifs is 3. The number of nitrogens with zero attached hydrogens (tertiary/aromatic N) is 5. The number of Topliss-reactive ketones (excluding diaryl/α,β-unsaturated/α-hetero) is 1. The molecule has 0 aliphatic carbocycles. The van der Waals surface area contributed by atoms with Crippen LogP contribution in [0.2, 0.25) is 0 Å². The van der Waals surface area contributed by atoms with Gasteiger partial charge < -0.3 is 0 Å². The Morgan fingerprint density at radius 3 is 2.41 bits per heavy atom. The van der Waals surface area contributed by atoms with Crippen LogP contribution in [0.15, 0.2) is 40.1 Å². The highest BCUT2D eigenvalue weighted by atomic mass is 16.2. The van der Waals surface area contributed by atoms with E-state index in [1.165, 1.54) is 17.1 Å². The van der Waals surface area contributed by atoms with E-state index in [-0.39, 0.29) is 11.3 Å². The zero-order valence-corrected chi connectivity index (χ0v) is 17.1. The molecule has 4 aromatic rings. The smallest absolute Gasteiger partial charge is 0.298 e. The topological polar surface area (TPSA) is 83.3 Å². The van der Waals surface area contributed by atoms with Gasteiger partial charge in [0.2, 0.25) is 5.78 Å². The summed E-state index contributed by atoms with van der Waals surface area (Å²) in [5.41, 5.74) is 2.55. The van der Waals surface area contributed by atoms with E-state index in [0.29, 0.717) is 11.4 Å². The highest BCUT2D eigenvalue weighted by Gasteiger charge is 2.24. The number of hydrogen-bond donors (Lipinski definition) is 0. The van der Waals surface area contributed by atoms with Crippen molar-refractivity contribution >= 4 is 22.7 Å². The first kappa shape index (κ1) is 18.9. The van der Waals surface area contributed by atoms with E-state index in [0.717, 1.165) is 22.4 Å². The van der Waals surface area contributed by atoms with E-state index in [4.69, 9.17) is 0 Å². The molecule has 150 valence electrons. The second-order valence-electron chi connectivity index (χ2n) is 7.38. The summed E-state index contributed by atoms with van der Waals surface area (Å²) in [5, 5.41) is 0. The van der Waals surface area contributed by atoms with Crippen LogP contribution in [-0.2, 0) is 18.3 Å². The second kappa shape index (κ2) is 6.58. The zero-order valence-electron chi connectivity index (χ0n) is 17.1. The van der Waals surface area contributed by atoms with Gasteiger partial charge in [-0.05, 0) is 44.9 Å². The predicted molar refractivity (Wildman–Crippen MR) is 111 cm³/mol. The quantitative estimate of drug-likeness (QED) is 0.532.